The summed E-state index contributed by atoms with van der Waals surface area (Å²) in [6, 6.07) is 3.90. The summed E-state index contributed by atoms with van der Waals surface area (Å²) in [5.41, 5.74) is 0.885. The van der Waals surface area contributed by atoms with Crippen molar-refractivity contribution in [2.75, 3.05) is 0 Å². The standard InChI is InChI=1S/C9H3Br3ClN/c10-4-1-2-5(11)9-7(4)8(12)6(13)3-14-9/h1-3H. The lowest BCUT2D eigenvalue weighted by Crippen LogP contribution is -1.84. The molecule has 0 aliphatic heterocycles. The Balaban J connectivity index is 3.01. The van der Waals surface area contributed by atoms with Crippen molar-refractivity contribution < 1.29 is 0 Å². The zero-order valence-corrected chi connectivity index (χ0v) is 12.2. The first-order chi connectivity index (χ1) is 6.61. The van der Waals surface area contributed by atoms with E-state index in [9.17, 15) is 0 Å². The molecule has 0 unspecified atom stereocenters. The summed E-state index contributed by atoms with van der Waals surface area (Å²) in [6.07, 6.45) is 1.63. The predicted molar refractivity (Wildman–Crippen MR) is 69.9 cm³/mol. The molecule has 72 valence electrons. The Labute approximate surface area is 111 Å². The molecule has 0 aliphatic carbocycles. The minimum atomic E-state index is 0.608. The second kappa shape index (κ2) is 4.08. The van der Waals surface area contributed by atoms with Crippen LogP contribution >= 0.6 is 59.4 Å². The number of benzene rings is 1. The quantitative estimate of drug-likeness (QED) is 0.594. The lowest BCUT2D eigenvalue weighted by atomic mass is 10.2. The van der Waals surface area contributed by atoms with Gasteiger partial charge < -0.3 is 0 Å². The number of aromatic nitrogens is 1. The first-order valence-corrected chi connectivity index (χ1v) is 6.44. The summed E-state index contributed by atoms with van der Waals surface area (Å²) in [4.78, 5) is 4.26. The van der Waals surface area contributed by atoms with Gasteiger partial charge in [-0.2, -0.15) is 0 Å². The van der Waals surface area contributed by atoms with E-state index < -0.39 is 0 Å². The molecule has 1 nitrogen and oxygen atoms in total. The molecule has 0 saturated carbocycles. The van der Waals surface area contributed by atoms with Gasteiger partial charge >= 0.3 is 0 Å². The van der Waals surface area contributed by atoms with Crippen LogP contribution in [0.15, 0.2) is 31.7 Å². The largest absolute Gasteiger partial charge is 0.253 e. The molecule has 1 aromatic heterocycles. The maximum Gasteiger partial charge on any atom is 0.0867 e. The molecule has 14 heavy (non-hydrogen) atoms. The highest BCUT2D eigenvalue weighted by Gasteiger charge is 2.10. The third-order valence-electron chi connectivity index (χ3n) is 1.81. The van der Waals surface area contributed by atoms with Crippen LogP contribution in [0, 0.1) is 0 Å². The van der Waals surface area contributed by atoms with E-state index in [2.05, 4.69) is 52.8 Å². The molecule has 0 aliphatic rings. The molecule has 0 atom stereocenters. The number of pyridine rings is 1. The Kier molecular flexibility index (Phi) is 3.17. The Hall–Kier alpha value is 0.360. The van der Waals surface area contributed by atoms with Gasteiger partial charge in [0.1, 0.15) is 0 Å². The van der Waals surface area contributed by atoms with Gasteiger partial charge in [0.25, 0.3) is 0 Å². The van der Waals surface area contributed by atoms with Crippen LogP contribution in [0.1, 0.15) is 0 Å². The number of hydrogen-bond acceptors (Lipinski definition) is 1. The van der Waals surface area contributed by atoms with E-state index in [4.69, 9.17) is 11.6 Å². The van der Waals surface area contributed by atoms with Gasteiger partial charge in [-0.15, -0.1) is 0 Å². The van der Waals surface area contributed by atoms with Crippen LogP contribution in [0.5, 0.6) is 0 Å². The SMILES string of the molecule is Clc1cnc2c(Br)ccc(Br)c2c1Br. The molecule has 1 aromatic carbocycles. The van der Waals surface area contributed by atoms with Crippen LogP contribution in [0.4, 0.5) is 0 Å². The lowest BCUT2D eigenvalue weighted by molar-refractivity contribution is 1.38. The highest BCUT2D eigenvalue weighted by Crippen LogP contribution is 2.37. The lowest BCUT2D eigenvalue weighted by Gasteiger charge is -2.05. The van der Waals surface area contributed by atoms with Crippen molar-refractivity contribution in [2.45, 2.75) is 0 Å². The molecule has 2 rings (SSSR count). The summed E-state index contributed by atoms with van der Waals surface area (Å²) < 4.78 is 2.78. The second-order valence-corrected chi connectivity index (χ2v) is 5.58. The third kappa shape index (κ3) is 1.73. The Morgan fingerprint density at radius 3 is 2.43 bits per heavy atom. The van der Waals surface area contributed by atoms with E-state index in [-0.39, 0.29) is 0 Å². The predicted octanol–water partition coefficient (Wildman–Crippen LogP) is 5.18. The summed E-state index contributed by atoms with van der Waals surface area (Å²) in [6.45, 7) is 0. The Morgan fingerprint density at radius 1 is 1.07 bits per heavy atom. The fourth-order valence-electron chi connectivity index (χ4n) is 1.17. The van der Waals surface area contributed by atoms with Crippen molar-refractivity contribution in [3.8, 4) is 0 Å². The van der Waals surface area contributed by atoms with Gasteiger partial charge in [0.05, 0.1) is 10.5 Å². The maximum atomic E-state index is 5.97. The summed E-state index contributed by atoms with van der Waals surface area (Å²) in [5, 5.41) is 1.59. The highest BCUT2D eigenvalue weighted by atomic mass is 79.9. The maximum absolute atomic E-state index is 5.97. The van der Waals surface area contributed by atoms with Crippen molar-refractivity contribution in [3.05, 3.63) is 36.8 Å². The summed E-state index contributed by atoms with van der Waals surface area (Å²) >= 11 is 16.3. The van der Waals surface area contributed by atoms with E-state index >= 15 is 0 Å². The zero-order valence-electron chi connectivity index (χ0n) is 6.69. The molecular formula is C9H3Br3ClN. The minimum absolute atomic E-state index is 0.608. The van der Waals surface area contributed by atoms with Crippen molar-refractivity contribution in [1.29, 1.82) is 0 Å². The van der Waals surface area contributed by atoms with E-state index in [0.717, 1.165) is 24.3 Å². The fraction of sp³-hybridized carbons (Fsp3) is 0. The van der Waals surface area contributed by atoms with E-state index in [1.807, 2.05) is 12.1 Å². The normalized spacial score (nSPS) is 10.9. The number of rotatable bonds is 0. The van der Waals surface area contributed by atoms with Crippen LogP contribution in [-0.4, -0.2) is 4.98 Å². The van der Waals surface area contributed by atoms with E-state index in [1.54, 1.807) is 6.20 Å². The van der Waals surface area contributed by atoms with Crippen LogP contribution in [0.3, 0.4) is 0 Å². The van der Waals surface area contributed by atoms with Gasteiger partial charge in [-0.05, 0) is 44.0 Å². The van der Waals surface area contributed by atoms with Crippen LogP contribution in [0.2, 0.25) is 5.02 Å². The van der Waals surface area contributed by atoms with Crippen LogP contribution < -0.4 is 0 Å². The van der Waals surface area contributed by atoms with Crippen LogP contribution in [-0.2, 0) is 0 Å². The van der Waals surface area contributed by atoms with Crippen molar-refractivity contribution >= 4 is 70.3 Å². The molecule has 0 saturated heterocycles. The number of halogens is 4. The third-order valence-corrected chi connectivity index (χ3v) is 4.45. The zero-order chi connectivity index (χ0) is 10.3. The molecule has 0 radical (unpaired) electrons. The summed E-state index contributed by atoms with van der Waals surface area (Å²) in [5.74, 6) is 0. The molecule has 0 amide bonds. The monoisotopic (exact) mass is 397 g/mol. The van der Waals surface area contributed by atoms with Crippen molar-refractivity contribution in [1.82, 2.24) is 4.98 Å². The van der Waals surface area contributed by atoms with Gasteiger partial charge in [0, 0.05) is 25.0 Å². The van der Waals surface area contributed by atoms with Gasteiger partial charge in [-0.1, -0.05) is 27.5 Å². The number of nitrogens with zero attached hydrogens (tertiary/aromatic N) is 1. The molecular weight excluding hydrogens is 397 g/mol. The molecule has 0 spiro atoms. The molecule has 0 N–H and O–H groups in total. The molecule has 1 heterocycles. The Morgan fingerprint density at radius 2 is 1.71 bits per heavy atom. The first-order valence-electron chi connectivity index (χ1n) is 3.69. The first kappa shape index (κ1) is 10.9. The molecule has 0 bridgehead atoms. The summed E-state index contributed by atoms with van der Waals surface area (Å²) in [7, 11) is 0. The van der Waals surface area contributed by atoms with Crippen molar-refractivity contribution in [2.24, 2.45) is 0 Å². The van der Waals surface area contributed by atoms with E-state index in [1.165, 1.54) is 0 Å². The average molecular weight is 400 g/mol. The molecule has 5 heteroatoms. The topological polar surface area (TPSA) is 12.9 Å². The Bertz CT molecular complexity index is 513. The minimum Gasteiger partial charge on any atom is -0.253 e. The van der Waals surface area contributed by atoms with Gasteiger partial charge in [-0.3, -0.25) is 4.98 Å². The number of fused-ring (bicyclic) bond motifs is 1. The highest BCUT2D eigenvalue weighted by molar-refractivity contribution is 9.11. The molecule has 0 fully saturated rings. The second-order valence-electron chi connectivity index (χ2n) is 2.67. The van der Waals surface area contributed by atoms with Crippen molar-refractivity contribution in [3.63, 3.8) is 0 Å². The molecule has 2 aromatic rings. The fourth-order valence-corrected chi connectivity index (χ4v) is 3.04. The van der Waals surface area contributed by atoms with Gasteiger partial charge in [0.2, 0.25) is 0 Å². The van der Waals surface area contributed by atoms with Crippen LogP contribution in [0.25, 0.3) is 10.9 Å². The number of hydrogen-bond donors (Lipinski definition) is 0. The average Bonchev–Trinajstić information content (AvgIpc) is 2.16. The smallest absolute Gasteiger partial charge is 0.0867 e. The van der Waals surface area contributed by atoms with E-state index in [0.29, 0.717) is 5.02 Å². The van der Waals surface area contributed by atoms with Gasteiger partial charge in [-0.25, -0.2) is 0 Å². The van der Waals surface area contributed by atoms with Gasteiger partial charge in [0.15, 0.2) is 0 Å².